The van der Waals surface area contributed by atoms with Crippen molar-refractivity contribution in [1.82, 2.24) is 9.78 Å². The summed E-state index contributed by atoms with van der Waals surface area (Å²) in [6, 6.07) is 4.02. The summed E-state index contributed by atoms with van der Waals surface area (Å²) in [5.74, 6) is -1.13. The third kappa shape index (κ3) is 3.11. The van der Waals surface area contributed by atoms with Crippen molar-refractivity contribution in [1.29, 1.82) is 0 Å². The maximum atomic E-state index is 12.4. The Morgan fingerprint density at radius 3 is 2.60 bits per heavy atom. The monoisotopic (exact) mass is 304 g/mol. The molecule has 0 atom stereocenters. The molecule has 0 unspecified atom stereocenters. The second-order valence-corrected chi connectivity index (χ2v) is 4.44. The van der Waals surface area contributed by atoms with E-state index in [1.807, 2.05) is 0 Å². The Bertz CT molecular complexity index is 652. The fourth-order valence-electron chi connectivity index (χ4n) is 1.58. The van der Waals surface area contributed by atoms with Crippen molar-refractivity contribution in [3.05, 3.63) is 52.3 Å². The summed E-state index contributed by atoms with van der Waals surface area (Å²) < 4.78 is 38.3. The van der Waals surface area contributed by atoms with Crippen LogP contribution >= 0.6 is 11.6 Å². The maximum Gasteiger partial charge on any atom is 0.419 e. The first-order valence-electron chi connectivity index (χ1n) is 5.39. The van der Waals surface area contributed by atoms with Crippen molar-refractivity contribution in [3.63, 3.8) is 0 Å². The molecule has 0 amide bonds. The number of aromatic nitrogens is 2. The molecule has 0 aliphatic rings. The fraction of sp³-hybridized carbons (Fsp3) is 0.167. The highest BCUT2D eigenvalue weighted by molar-refractivity contribution is 6.31. The Morgan fingerprint density at radius 1 is 1.40 bits per heavy atom. The first-order valence-corrected chi connectivity index (χ1v) is 5.76. The van der Waals surface area contributed by atoms with Gasteiger partial charge >= 0.3 is 12.1 Å². The predicted octanol–water partition coefficient (Wildman–Crippen LogP) is 3.30. The van der Waals surface area contributed by atoms with Gasteiger partial charge in [-0.25, -0.2) is 4.79 Å². The lowest BCUT2D eigenvalue weighted by molar-refractivity contribution is -0.137. The van der Waals surface area contributed by atoms with Crippen LogP contribution in [0.5, 0.6) is 0 Å². The molecule has 1 heterocycles. The molecular formula is C12H8ClF3N2O2. The quantitative estimate of drug-likeness (QED) is 0.946. The van der Waals surface area contributed by atoms with E-state index < -0.39 is 17.7 Å². The molecule has 0 spiro atoms. The molecule has 2 rings (SSSR count). The lowest BCUT2D eigenvalue weighted by atomic mass is 10.1. The first-order chi connectivity index (χ1) is 9.27. The molecule has 1 N–H and O–H groups in total. The highest BCUT2D eigenvalue weighted by Crippen LogP contribution is 2.28. The van der Waals surface area contributed by atoms with E-state index in [1.54, 1.807) is 0 Å². The summed E-state index contributed by atoms with van der Waals surface area (Å²) in [5, 5.41) is 12.5. The van der Waals surface area contributed by atoms with Crippen molar-refractivity contribution in [2.75, 3.05) is 0 Å². The van der Waals surface area contributed by atoms with Gasteiger partial charge in [-0.1, -0.05) is 17.7 Å². The number of alkyl halides is 3. The Morgan fingerprint density at radius 2 is 2.10 bits per heavy atom. The molecule has 1 aromatic carbocycles. The summed E-state index contributed by atoms with van der Waals surface area (Å²) in [5.41, 5.74) is -0.362. The average molecular weight is 305 g/mol. The highest BCUT2D eigenvalue weighted by Gasteiger charge is 2.32. The second kappa shape index (κ2) is 5.16. The number of aromatic carboxylic acids is 1. The van der Waals surface area contributed by atoms with E-state index in [1.165, 1.54) is 18.2 Å². The summed E-state index contributed by atoms with van der Waals surface area (Å²) in [7, 11) is 0. The smallest absolute Gasteiger partial charge is 0.419 e. The van der Waals surface area contributed by atoms with E-state index >= 15 is 0 Å². The summed E-state index contributed by atoms with van der Waals surface area (Å²) >= 11 is 5.89. The van der Waals surface area contributed by atoms with Gasteiger partial charge in [0.05, 0.1) is 23.9 Å². The van der Waals surface area contributed by atoms with Crippen LogP contribution in [0.2, 0.25) is 5.02 Å². The highest BCUT2D eigenvalue weighted by atomic mass is 35.5. The van der Waals surface area contributed by atoms with Crippen LogP contribution in [0, 0.1) is 0 Å². The zero-order chi connectivity index (χ0) is 14.9. The second-order valence-electron chi connectivity index (χ2n) is 4.04. The minimum Gasteiger partial charge on any atom is -0.478 e. The van der Waals surface area contributed by atoms with Gasteiger partial charge in [-0.05, 0) is 17.7 Å². The Hall–Kier alpha value is -2.02. The van der Waals surface area contributed by atoms with Crippen LogP contribution in [0.4, 0.5) is 13.2 Å². The topological polar surface area (TPSA) is 55.1 Å². The molecule has 1 aromatic heterocycles. The van der Waals surface area contributed by atoms with Crippen LogP contribution < -0.4 is 0 Å². The summed E-state index contributed by atoms with van der Waals surface area (Å²) in [4.78, 5) is 10.7. The van der Waals surface area contributed by atoms with Gasteiger partial charge in [-0.3, -0.25) is 4.68 Å². The molecule has 0 saturated heterocycles. The summed E-state index contributed by atoms with van der Waals surface area (Å²) in [6.07, 6.45) is -2.86. The lowest BCUT2D eigenvalue weighted by Crippen LogP contribution is -2.05. The van der Waals surface area contributed by atoms with Crippen molar-refractivity contribution in [2.24, 2.45) is 0 Å². The third-order valence-electron chi connectivity index (χ3n) is 2.59. The van der Waals surface area contributed by atoms with Crippen LogP contribution in [0.25, 0.3) is 0 Å². The predicted molar refractivity (Wildman–Crippen MR) is 64.7 cm³/mol. The molecule has 0 fully saturated rings. The van der Waals surface area contributed by atoms with Gasteiger partial charge in [0.25, 0.3) is 0 Å². The van der Waals surface area contributed by atoms with Gasteiger partial charge < -0.3 is 5.11 Å². The van der Waals surface area contributed by atoms with Crippen molar-refractivity contribution in [3.8, 4) is 0 Å². The number of hydrogen-bond acceptors (Lipinski definition) is 2. The number of carboxylic acids is 1. The largest absolute Gasteiger partial charge is 0.478 e. The van der Waals surface area contributed by atoms with E-state index in [4.69, 9.17) is 16.7 Å². The van der Waals surface area contributed by atoms with E-state index in [-0.39, 0.29) is 17.1 Å². The third-order valence-corrected chi connectivity index (χ3v) is 2.94. The van der Waals surface area contributed by atoms with Crippen LogP contribution in [-0.2, 0) is 12.7 Å². The molecular weight excluding hydrogens is 297 g/mol. The average Bonchev–Trinajstić information content (AvgIpc) is 2.80. The van der Waals surface area contributed by atoms with Gasteiger partial charge in [0.1, 0.15) is 0 Å². The Balaban J connectivity index is 2.22. The standard InChI is InChI=1S/C12H8ClF3N2O2/c13-10-3-7(11(19)20)1-2-8(10)5-18-6-9(4-17-18)12(14,15)16/h1-4,6H,5H2,(H,19,20). The van der Waals surface area contributed by atoms with Gasteiger partial charge in [-0.15, -0.1) is 0 Å². The van der Waals surface area contributed by atoms with E-state index in [2.05, 4.69) is 5.10 Å². The molecule has 0 aliphatic carbocycles. The minimum atomic E-state index is -4.45. The molecule has 4 nitrogen and oxygen atoms in total. The van der Waals surface area contributed by atoms with E-state index in [0.29, 0.717) is 5.56 Å². The molecule has 2 aromatic rings. The molecule has 20 heavy (non-hydrogen) atoms. The van der Waals surface area contributed by atoms with Crippen LogP contribution in [0.3, 0.4) is 0 Å². The zero-order valence-electron chi connectivity index (χ0n) is 9.86. The fourth-order valence-corrected chi connectivity index (χ4v) is 1.82. The molecule has 0 aliphatic heterocycles. The molecule has 0 saturated carbocycles. The number of carboxylic acid groups (broad SMARTS) is 1. The molecule has 8 heteroatoms. The van der Waals surface area contributed by atoms with Gasteiger partial charge in [0.15, 0.2) is 0 Å². The number of benzene rings is 1. The Kier molecular flexibility index (Phi) is 3.71. The lowest BCUT2D eigenvalue weighted by Gasteiger charge is -2.06. The minimum absolute atomic E-state index is 0.00944. The van der Waals surface area contributed by atoms with Crippen molar-refractivity contribution in [2.45, 2.75) is 12.7 Å². The number of carbonyl (C=O) groups is 1. The number of nitrogens with zero attached hydrogens (tertiary/aromatic N) is 2. The normalized spacial score (nSPS) is 11.6. The van der Waals surface area contributed by atoms with Crippen LogP contribution in [0.1, 0.15) is 21.5 Å². The number of halogens is 4. The van der Waals surface area contributed by atoms with Crippen LogP contribution in [-0.4, -0.2) is 20.9 Å². The van der Waals surface area contributed by atoms with Crippen LogP contribution in [0.15, 0.2) is 30.6 Å². The number of rotatable bonds is 3. The zero-order valence-corrected chi connectivity index (χ0v) is 10.6. The Labute approximate surface area is 116 Å². The molecule has 0 bridgehead atoms. The van der Waals surface area contributed by atoms with Crippen molar-refractivity contribution < 1.29 is 23.1 Å². The van der Waals surface area contributed by atoms with E-state index in [9.17, 15) is 18.0 Å². The van der Waals surface area contributed by atoms with Gasteiger partial charge in [-0.2, -0.15) is 18.3 Å². The first kappa shape index (κ1) is 14.4. The number of hydrogen-bond donors (Lipinski definition) is 1. The van der Waals surface area contributed by atoms with Crippen molar-refractivity contribution >= 4 is 17.6 Å². The van der Waals surface area contributed by atoms with Gasteiger partial charge in [0, 0.05) is 11.2 Å². The van der Waals surface area contributed by atoms with Gasteiger partial charge in [0.2, 0.25) is 0 Å². The molecule has 0 radical (unpaired) electrons. The SMILES string of the molecule is O=C(O)c1ccc(Cn2cc(C(F)(F)F)cn2)c(Cl)c1. The molecule has 106 valence electrons. The maximum absolute atomic E-state index is 12.4. The van der Waals surface area contributed by atoms with E-state index in [0.717, 1.165) is 17.1 Å². The summed E-state index contributed by atoms with van der Waals surface area (Å²) in [6.45, 7) is 0.0226.